The molecule has 0 spiro atoms. The van der Waals surface area contributed by atoms with Gasteiger partial charge >= 0.3 is 0 Å². The van der Waals surface area contributed by atoms with Gasteiger partial charge in [-0.25, -0.2) is 5.53 Å². The molecule has 0 aliphatic carbocycles. The second-order valence-electron chi connectivity index (χ2n) is 1.90. The van der Waals surface area contributed by atoms with Crippen LogP contribution in [0.1, 0.15) is 19.4 Å². The molecule has 0 saturated carbocycles. The van der Waals surface area contributed by atoms with Gasteiger partial charge in [0.2, 0.25) is 0 Å². The van der Waals surface area contributed by atoms with Crippen LogP contribution in [0.2, 0.25) is 0 Å². The standard InChI is InChI=1S/C7H8N2.C2H6/c1-6-4-2-3-5-7(6)9-8;1-2/h2-5,8H,1H3;1-2H3. The highest BCUT2D eigenvalue weighted by Gasteiger charge is 1.89. The van der Waals surface area contributed by atoms with E-state index in [0.29, 0.717) is 0 Å². The summed E-state index contributed by atoms with van der Waals surface area (Å²) in [5.41, 5.74) is 8.51. The number of hydrogen-bond donors (Lipinski definition) is 1. The first-order valence-corrected chi connectivity index (χ1v) is 3.77. The first-order valence-electron chi connectivity index (χ1n) is 3.77. The first kappa shape index (κ1) is 9.82. The lowest BCUT2D eigenvalue weighted by Gasteiger charge is -1.92. The summed E-state index contributed by atoms with van der Waals surface area (Å²) in [6, 6.07) is 7.57. The number of aryl methyl sites for hydroxylation is 1. The van der Waals surface area contributed by atoms with Crippen molar-refractivity contribution in [1.29, 1.82) is 5.53 Å². The molecule has 1 aromatic carbocycles. The Morgan fingerprint density at radius 3 is 2.09 bits per heavy atom. The molecule has 1 rings (SSSR count). The maximum Gasteiger partial charge on any atom is 0.0879 e. The summed E-state index contributed by atoms with van der Waals surface area (Å²) in [7, 11) is 0. The van der Waals surface area contributed by atoms with E-state index in [0.717, 1.165) is 11.3 Å². The van der Waals surface area contributed by atoms with Gasteiger partial charge in [-0.05, 0) is 18.6 Å². The summed E-state index contributed by atoms with van der Waals surface area (Å²) >= 11 is 0. The number of rotatable bonds is 1. The molecule has 11 heavy (non-hydrogen) atoms. The fourth-order valence-electron chi connectivity index (χ4n) is 0.689. The van der Waals surface area contributed by atoms with E-state index in [1.54, 1.807) is 0 Å². The van der Waals surface area contributed by atoms with E-state index in [2.05, 4.69) is 5.11 Å². The zero-order chi connectivity index (χ0) is 8.69. The van der Waals surface area contributed by atoms with Crippen molar-refractivity contribution in [3.05, 3.63) is 29.8 Å². The third-order valence-corrected chi connectivity index (χ3v) is 1.24. The highest BCUT2D eigenvalue weighted by atomic mass is 15.0. The van der Waals surface area contributed by atoms with Gasteiger partial charge in [0.1, 0.15) is 0 Å². The van der Waals surface area contributed by atoms with Gasteiger partial charge in [0, 0.05) is 0 Å². The summed E-state index contributed by atoms with van der Waals surface area (Å²) in [6.45, 7) is 5.94. The molecule has 1 aromatic rings. The average Bonchev–Trinajstić information content (AvgIpc) is 2.09. The van der Waals surface area contributed by atoms with Gasteiger partial charge in [-0.1, -0.05) is 32.0 Å². The Labute approximate surface area is 67.8 Å². The minimum Gasteiger partial charge on any atom is -0.204 e. The molecule has 0 saturated heterocycles. The van der Waals surface area contributed by atoms with Crippen LogP contribution in [0, 0.1) is 12.5 Å². The predicted octanol–water partition coefficient (Wildman–Crippen LogP) is 3.68. The Morgan fingerprint density at radius 2 is 1.73 bits per heavy atom. The van der Waals surface area contributed by atoms with Crippen LogP contribution in [-0.2, 0) is 0 Å². The van der Waals surface area contributed by atoms with E-state index in [4.69, 9.17) is 5.53 Å². The van der Waals surface area contributed by atoms with E-state index in [1.165, 1.54) is 0 Å². The van der Waals surface area contributed by atoms with Crippen molar-refractivity contribution in [2.45, 2.75) is 20.8 Å². The predicted molar refractivity (Wildman–Crippen MR) is 47.3 cm³/mol. The molecule has 0 fully saturated rings. The number of nitrogens with one attached hydrogen (secondary N) is 1. The van der Waals surface area contributed by atoms with E-state index in [1.807, 2.05) is 45.0 Å². The molecule has 0 atom stereocenters. The lowest BCUT2D eigenvalue weighted by Crippen LogP contribution is -1.68. The van der Waals surface area contributed by atoms with Gasteiger partial charge in [0.15, 0.2) is 0 Å². The molecule has 0 heterocycles. The van der Waals surface area contributed by atoms with Gasteiger partial charge in [-0.3, -0.25) is 0 Å². The maximum absolute atomic E-state index is 6.71. The van der Waals surface area contributed by atoms with Crippen molar-refractivity contribution in [2.24, 2.45) is 5.11 Å². The lowest BCUT2D eigenvalue weighted by molar-refractivity contribution is 1.13. The van der Waals surface area contributed by atoms with E-state index in [9.17, 15) is 0 Å². The van der Waals surface area contributed by atoms with Crippen molar-refractivity contribution in [2.75, 3.05) is 0 Å². The third kappa shape index (κ3) is 2.94. The molecule has 0 amide bonds. The maximum atomic E-state index is 6.71. The van der Waals surface area contributed by atoms with Gasteiger partial charge in [-0.15, -0.1) is 0 Å². The quantitative estimate of drug-likeness (QED) is 0.593. The zero-order valence-electron chi connectivity index (χ0n) is 7.26. The van der Waals surface area contributed by atoms with Crippen LogP contribution in [0.25, 0.3) is 0 Å². The summed E-state index contributed by atoms with van der Waals surface area (Å²) in [6.07, 6.45) is 0. The summed E-state index contributed by atoms with van der Waals surface area (Å²) in [5, 5.41) is 3.32. The smallest absolute Gasteiger partial charge is 0.0879 e. The van der Waals surface area contributed by atoms with E-state index in [-0.39, 0.29) is 0 Å². The van der Waals surface area contributed by atoms with Crippen molar-refractivity contribution in [3.63, 3.8) is 0 Å². The highest BCUT2D eigenvalue weighted by molar-refractivity contribution is 5.43. The topological polar surface area (TPSA) is 36.2 Å². The normalized spacial score (nSPS) is 7.91. The average molecular weight is 150 g/mol. The SMILES string of the molecule is CC.Cc1ccccc1N=N. The van der Waals surface area contributed by atoms with Gasteiger partial charge in [0.25, 0.3) is 0 Å². The van der Waals surface area contributed by atoms with Crippen LogP contribution in [-0.4, -0.2) is 0 Å². The number of para-hydroxylation sites is 1. The van der Waals surface area contributed by atoms with Crippen molar-refractivity contribution in [3.8, 4) is 0 Å². The highest BCUT2D eigenvalue weighted by Crippen LogP contribution is 2.15. The molecule has 2 heteroatoms. The van der Waals surface area contributed by atoms with Crippen molar-refractivity contribution >= 4 is 5.69 Å². The minimum absolute atomic E-state index is 0.748. The number of hydrogen-bond acceptors (Lipinski definition) is 2. The molecule has 0 aliphatic rings. The van der Waals surface area contributed by atoms with E-state index < -0.39 is 0 Å². The van der Waals surface area contributed by atoms with Gasteiger partial charge in [-0.2, -0.15) is 5.11 Å². The van der Waals surface area contributed by atoms with E-state index >= 15 is 0 Å². The second kappa shape index (κ2) is 5.59. The molecule has 0 radical (unpaired) electrons. The second-order valence-corrected chi connectivity index (χ2v) is 1.90. The fourth-order valence-corrected chi connectivity index (χ4v) is 0.689. The number of nitrogens with zero attached hydrogens (tertiary/aromatic N) is 1. The van der Waals surface area contributed by atoms with Crippen LogP contribution in [0.3, 0.4) is 0 Å². The van der Waals surface area contributed by atoms with Crippen LogP contribution >= 0.6 is 0 Å². The molecular weight excluding hydrogens is 136 g/mol. The molecule has 0 aliphatic heterocycles. The molecule has 0 aromatic heterocycles. The van der Waals surface area contributed by atoms with Crippen LogP contribution in [0.5, 0.6) is 0 Å². The molecule has 60 valence electrons. The molecule has 1 N–H and O–H groups in total. The monoisotopic (exact) mass is 150 g/mol. The number of benzene rings is 1. The summed E-state index contributed by atoms with van der Waals surface area (Å²) < 4.78 is 0. The lowest BCUT2D eigenvalue weighted by atomic mass is 10.2. The van der Waals surface area contributed by atoms with Crippen LogP contribution < -0.4 is 0 Å². The van der Waals surface area contributed by atoms with Crippen molar-refractivity contribution in [1.82, 2.24) is 0 Å². The Bertz CT molecular complexity index is 219. The van der Waals surface area contributed by atoms with Crippen LogP contribution in [0.4, 0.5) is 5.69 Å². The van der Waals surface area contributed by atoms with Crippen LogP contribution in [0.15, 0.2) is 29.4 Å². The summed E-state index contributed by atoms with van der Waals surface area (Å²) in [4.78, 5) is 0. The Morgan fingerprint density at radius 1 is 1.18 bits per heavy atom. The Hall–Kier alpha value is -1.18. The molecule has 0 bridgehead atoms. The zero-order valence-corrected chi connectivity index (χ0v) is 7.26. The molecular formula is C9H14N2. The van der Waals surface area contributed by atoms with Gasteiger partial charge < -0.3 is 0 Å². The molecule has 2 nitrogen and oxygen atoms in total. The Balaban J connectivity index is 0.000000461. The summed E-state index contributed by atoms with van der Waals surface area (Å²) in [5.74, 6) is 0. The van der Waals surface area contributed by atoms with Crippen molar-refractivity contribution < 1.29 is 0 Å². The molecule has 0 unspecified atom stereocenters. The third-order valence-electron chi connectivity index (χ3n) is 1.24. The largest absolute Gasteiger partial charge is 0.204 e. The Kier molecular flexibility index (Phi) is 4.99. The minimum atomic E-state index is 0.748. The first-order chi connectivity index (χ1) is 5.34. The van der Waals surface area contributed by atoms with Gasteiger partial charge in [0.05, 0.1) is 5.69 Å². The fraction of sp³-hybridized carbons (Fsp3) is 0.333.